The molecule has 2 fully saturated rings. The van der Waals surface area contributed by atoms with E-state index in [1.54, 1.807) is 0 Å². The molecule has 2 heteroatoms. The van der Waals surface area contributed by atoms with Crippen molar-refractivity contribution in [3.8, 4) is 0 Å². The van der Waals surface area contributed by atoms with Gasteiger partial charge >= 0.3 is 0 Å². The molecule has 2 rings (SSSR count). The van der Waals surface area contributed by atoms with Gasteiger partial charge in [0.1, 0.15) is 0 Å². The third-order valence-corrected chi connectivity index (χ3v) is 4.37. The Morgan fingerprint density at radius 1 is 1.31 bits per heavy atom. The lowest BCUT2D eigenvalue weighted by molar-refractivity contribution is 0.0779. The molecule has 0 aromatic heterocycles. The smallest absolute Gasteiger partial charge is 0.0583 e. The summed E-state index contributed by atoms with van der Waals surface area (Å²) in [5.74, 6) is 0.534. The van der Waals surface area contributed by atoms with Crippen molar-refractivity contribution in [1.29, 1.82) is 0 Å². The number of hydrogen-bond donors (Lipinski definition) is 1. The Hall–Kier alpha value is -0.340. The number of rotatable bonds is 4. The van der Waals surface area contributed by atoms with Crippen LogP contribution < -0.4 is 0 Å². The first-order valence-corrected chi connectivity index (χ1v) is 6.81. The van der Waals surface area contributed by atoms with E-state index in [1.165, 1.54) is 37.8 Å². The molecular formula is C14H25NO. The van der Waals surface area contributed by atoms with Crippen molar-refractivity contribution in [2.75, 3.05) is 13.1 Å². The molecule has 2 nitrogen and oxygen atoms in total. The summed E-state index contributed by atoms with van der Waals surface area (Å²) in [5, 5.41) is 10.0. The molecule has 2 aliphatic rings. The number of aliphatic hydroxyl groups excluding tert-OH is 1. The minimum Gasteiger partial charge on any atom is -0.393 e. The molecule has 1 N–H and O–H groups in total. The molecule has 0 aromatic rings. The zero-order valence-electron chi connectivity index (χ0n) is 10.5. The van der Waals surface area contributed by atoms with Crippen molar-refractivity contribution in [1.82, 2.24) is 4.90 Å². The predicted octanol–water partition coefficient (Wildman–Crippen LogP) is 2.58. The maximum atomic E-state index is 10.0. The summed E-state index contributed by atoms with van der Waals surface area (Å²) in [4.78, 5) is 2.56. The van der Waals surface area contributed by atoms with E-state index in [-0.39, 0.29) is 6.10 Å². The van der Waals surface area contributed by atoms with E-state index in [0.29, 0.717) is 12.0 Å². The lowest BCUT2D eigenvalue weighted by Crippen LogP contribution is -2.39. The van der Waals surface area contributed by atoms with Crippen LogP contribution in [0.1, 0.15) is 45.4 Å². The van der Waals surface area contributed by atoms with Crippen LogP contribution in [-0.4, -0.2) is 35.2 Å². The summed E-state index contributed by atoms with van der Waals surface area (Å²) in [7, 11) is 0. The highest BCUT2D eigenvalue weighted by molar-refractivity contribution is 5.00. The Morgan fingerprint density at radius 3 is 2.75 bits per heavy atom. The molecule has 3 unspecified atom stereocenters. The number of hydrogen-bond acceptors (Lipinski definition) is 2. The first-order chi connectivity index (χ1) is 7.72. The molecule has 1 aliphatic carbocycles. The van der Waals surface area contributed by atoms with Crippen molar-refractivity contribution < 1.29 is 5.11 Å². The molecule has 0 spiro atoms. The molecule has 16 heavy (non-hydrogen) atoms. The SMILES string of the molecule is C=C(CC)CN1CCCC1C1CCCC1O. The number of nitrogens with zero attached hydrogens (tertiary/aromatic N) is 1. The largest absolute Gasteiger partial charge is 0.393 e. The third kappa shape index (κ3) is 2.49. The molecule has 0 amide bonds. The summed E-state index contributed by atoms with van der Waals surface area (Å²) >= 11 is 0. The number of aliphatic hydroxyl groups is 1. The fourth-order valence-electron chi connectivity index (χ4n) is 3.35. The summed E-state index contributed by atoms with van der Waals surface area (Å²) in [6.45, 7) is 8.54. The van der Waals surface area contributed by atoms with E-state index in [4.69, 9.17) is 0 Å². The van der Waals surface area contributed by atoms with Crippen LogP contribution in [0, 0.1) is 5.92 Å². The van der Waals surface area contributed by atoms with Crippen molar-refractivity contribution in [2.45, 2.75) is 57.6 Å². The fraction of sp³-hybridized carbons (Fsp3) is 0.857. The average Bonchev–Trinajstić information content (AvgIpc) is 2.86. The van der Waals surface area contributed by atoms with E-state index in [0.717, 1.165) is 19.4 Å². The Bertz CT molecular complexity index is 251. The van der Waals surface area contributed by atoms with Crippen LogP contribution >= 0.6 is 0 Å². The second kappa shape index (κ2) is 5.33. The maximum Gasteiger partial charge on any atom is 0.0583 e. The van der Waals surface area contributed by atoms with Crippen LogP contribution in [0.3, 0.4) is 0 Å². The van der Waals surface area contributed by atoms with Gasteiger partial charge in [0.2, 0.25) is 0 Å². The molecule has 1 aliphatic heterocycles. The van der Waals surface area contributed by atoms with E-state index in [1.807, 2.05) is 0 Å². The molecule has 0 bridgehead atoms. The van der Waals surface area contributed by atoms with E-state index in [2.05, 4.69) is 18.4 Å². The van der Waals surface area contributed by atoms with Crippen molar-refractivity contribution in [2.24, 2.45) is 5.92 Å². The van der Waals surface area contributed by atoms with Gasteiger partial charge in [-0.15, -0.1) is 0 Å². The van der Waals surface area contributed by atoms with E-state index >= 15 is 0 Å². The van der Waals surface area contributed by atoms with Crippen LogP contribution in [-0.2, 0) is 0 Å². The van der Waals surface area contributed by atoms with Crippen LogP contribution in [0.25, 0.3) is 0 Å². The standard InChI is InChI=1S/C14H25NO/c1-3-11(2)10-15-9-5-7-13(15)12-6-4-8-14(12)16/h12-14,16H,2-10H2,1H3. The minimum absolute atomic E-state index is 0.0412. The minimum atomic E-state index is -0.0412. The first kappa shape index (κ1) is 12.1. The van der Waals surface area contributed by atoms with Gasteiger partial charge in [0.15, 0.2) is 0 Å². The topological polar surface area (TPSA) is 23.5 Å². The molecule has 1 saturated heterocycles. The van der Waals surface area contributed by atoms with E-state index < -0.39 is 0 Å². The molecule has 0 aromatic carbocycles. The van der Waals surface area contributed by atoms with Gasteiger partial charge in [0.25, 0.3) is 0 Å². The Labute approximate surface area is 99.3 Å². The lowest BCUT2D eigenvalue weighted by Gasteiger charge is -2.31. The van der Waals surface area contributed by atoms with Crippen molar-refractivity contribution in [3.63, 3.8) is 0 Å². The van der Waals surface area contributed by atoms with Gasteiger partial charge in [-0.25, -0.2) is 0 Å². The molecular weight excluding hydrogens is 198 g/mol. The highest BCUT2D eigenvalue weighted by atomic mass is 16.3. The molecule has 1 saturated carbocycles. The third-order valence-electron chi connectivity index (χ3n) is 4.37. The highest BCUT2D eigenvalue weighted by Gasteiger charge is 2.37. The molecule has 0 radical (unpaired) electrons. The van der Waals surface area contributed by atoms with Gasteiger partial charge in [-0.05, 0) is 38.6 Å². The average molecular weight is 223 g/mol. The summed E-state index contributed by atoms with van der Waals surface area (Å²) in [5.41, 5.74) is 1.33. The second-order valence-electron chi connectivity index (χ2n) is 5.45. The van der Waals surface area contributed by atoms with Crippen molar-refractivity contribution in [3.05, 3.63) is 12.2 Å². The predicted molar refractivity (Wildman–Crippen MR) is 67.4 cm³/mol. The van der Waals surface area contributed by atoms with Crippen molar-refractivity contribution >= 4 is 0 Å². The second-order valence-corrected chi connectivity index (χ2v) is 5.45. The molecule has 1 heterocycles. The van der Waals surface area contributed by atoms with Crippen LogP contribution in [0.2, 0.25) is 0 Å². The summed E-state index contributed by atoms with van der Waals surface area (Å²) in [6, 6.07) is 0.626. The van der Waals surface area contributed by atoms with Crippen LogP contribution in [0.4, 0.5) is 0 Å². The van der Waals surface area contributed by atoms with Crippen LogP contribution in [0.15, 0.2) is 12.2 Å². The normalized spacial score (nSPS) is 35.8. The van der Waals surface area contributed by atoms with Gasteiger partial charge < -0.3 is 5.11 Å². The quantitative estimate of drug-likeness (QED) is 0.740. The lowest BCUT2D eigenvalue weighted by atomic mass is 9.94. The summed E-state index contributed by atoms with van der Waals surface area (Å²) < 4.78 is 0. The van der Waals surface area contributed by atoms with Gasteiger partial charge in [-0.2, -0.15) is 0 Å². The Morgan fingerprint density at radius 2 is 2.12 bits per heavy atom. The maximum absolute atomic E-state index is 10.0. The monoisotopic (exact) mass is 223 g/mol. The first-order valence-electron chi connectivity index (χ1n) is 6.81. The van der Waals surface area contributed by atoms with Crippen LogP contribution in [0.5, 0.6) is 0 Å². The fourth-order valence-corrected chi connectivity index (χ4v) is 3.35. The van der Waals surface area contributed by atoms with Gasteiger partial charge in [0, 0.05) is 18.5 Å². The van der Waals surface area contributed by atoms with Gasteiger partial charge in [0.05, 0.1) is 6.10 Å². The molecule has 3 atom stereocenters. The van der Waals surface area contributed by atoms with E-state index in [9.17, 15) is 5.11 Å². The number of likely N-dealkylation sites (tertiary alicyclic amines) is 1. The zero-order chi connectivity index (χ0) is 11.5. The summed E-state index contributed by atoms with van der Waals surface area (Å²) in [6.07, 6.45) is 7.07. The zero-order valence-corrected chi connectivity index (χ0v) is 10.5. The van der Waals surface area contributed by atoms with Gasteiger partial charge in [-0.1, -0.05) is 25.5 Å². The molecule has 92 valence electrons. The Balaban J connectivity index is 1.94. The Kier molecular flexibility index (Phi) is 4.04. The van der Waals surface area contributed by atoms with Gasteiger partial charge in [-0.3, -0.25) is 4.90 Å². The highest BCUT2D eigenvalue weighted by Crippen LogP contribution is 2.35.